The Kier molecular flexibility index (Phi) is 4.15. The topological polar surface area (TPSA) is 44.4 Å². The lowest BCUT2D eigenvalue weighted by molar-refractivity contribution is 0.181. The van der Waals surface area contributed by atoms with Crippen LogP contribution in [0, 0.1) is 5.92 Å². The van der Waals surface area contributed by atoms with E-state index in [1.807, 2.05) is 25.7 Å². The van der Waals surface area contributed by atoms with Crippen LogP contribution in [-0.2, 0) is 0 Å². The van der Waals surface area contributed by atoms with Crippen LogP contribution < -0.4 is 10.6 Å². The van der Waals surface area contributed by atoms with E-state index in [0.29, 0.717) is 6.04 Å². The molecular formula is C14H27N3O. The van der Waals surface area contributed by atoms with Crippen molar-refractivity contribution in [1.29, 1.82) is 0 Å². The number of amides is 2. The van der Waals surface area contributed by atoms with Gasteiger partial charge in [-0.2, -0.15) is 0 Å². The van der Waals surface area contributed by atoms with Gasteiger partial charge in [0.2, 0.25) is 0 Å². The normalized spacial score (nSPS) is 24.1. The van der Waals surface area contributed by atoms with Crippen LogP contribution in [0.15, 0.2) is 0 Å². The molecule has 0 aromatic carbocycles. The molecule has 1 heterocycles. The van der Waals surface area contributed by atoms with E-state index in [9.17, 15) is 4.79 Å². The Morgan fingerprint density at radius 3 is 2.50 bits per heavy atom. The van der Waals surface area contributed by atoms with Crippen molar-refractivity contribution in [2.24, 2.45) is 5.92 Å². The molecule has 104 valence electrons. The van der Waals surface area contributed by atoms with Gasteiger partial charge < -0.3 is 15.5 Å². The van der Waals surface area contributed by atoms with Gasteiger partial charge >= 0.3 is 6.03 Å². The summed E-state index contributed by atoms with van der Waals surface area (Å²) in [5, 5.41) is 6.56. The van der Waals surface area contributed by atoms with Gasteiger partial charge in [-0.15, -0.1) is 0 Å². The van der Waals surface area contributed by atoms with Gasteiger partial charge in [0.25, 0.3) is 0 Å². The first-order valence-corrected chi connectivity index (χ1v) is 7.24. The number of carbonyl (C=O) groups is 1. The molecule has 2 rings (SSSR count). The number of hydrogen-bond donors (Lipinski definition) is 2. The Labute approximate surface area is 110 Å². The van der Waals surface area contributed by atoms with Crippen LogP contribution in [0.5, 0.6) is 0 Å². The fraction of sp³-hybridized carbons (Fsp3) is 0.929. The Hall–Kier alpha value is -0.770. The molecule has 1 aliphatic carbocycles. The molecular weight excluding hydrogens is 226 g/mol. The van der Waals surface area contributed by atoms with E-state index in [2.05, 4.69) is 10.6 Å². The fourth-order valence-electron chi connectivity index (χ4n) is 2.43. The van der Waals surface area contributed by atoms with Gasteiger partial charge in [0.05, 0.1) is 0 Å². The molecule has 4 nitrogen and oxygen atoms in total. The third kappa shape index (κ3) is 4.48. The molecule has 1 saturated carbocycles. The monoisotopic (exact) mass is 253 g/mol. The summed E-state index contributed by atoms with van der Waals surface area (Å²) in [5.74, 6) is 0.747. The largest absolute Gasteiger partial charge is 0.333 e. The fourth-order valence-corrected chi connectivity index (χ4v) is 2.43. The van der Waals surface area contributed by atoms with Gasteiger partial charge in [-0.05, 0) is 58.9 Å². The predicted molar refractivity (Wildman–Crippen MR) is 73.6 cm³/mol. The number of nitrogens with one attached hydrogen (secondary N) is 2. The van der Waals surface area contributed by atoms with Crippen molar-refractivity contribution in [2.75, 3.05) is 19.6 Å². The molecule has 1 saturated heterocycles. The van der Waals surface area contributed by atoms with Crippen LogP contribution in [-0.4, -0.2) is 42.1 Å². The van der Waals surface area contributed by atoms with Crippen molar-refractivity contribution in [1.82, 2.24) is 15.5 Å². The van der Waals surface area contributed by atoms with Crippen LogP contribution in [0.2, 0.25) is 0 Å². The first kappa shape index (κ1) is 13.7. The summed E-state index contributed by atoms with van der Waals surface area (Å²) in [6.45, 7) is 9.00. The number of nitrogens with zero attached hydrogens (tertiary/aromatic N) is 1. The zero-order valence-electron chi connectivity index (χ0n) is 12.0. The van der Waals surface area contributed by atoms with Gasteiger partial charge in [-0.25, -0.2) is 4.79 Å². The minimum atomic E-state index is -0.151. The molecule has 1 aliphatic heterocycles. The molecule has 0 aromatic heterocycles. The van der Waals surface area contributed by atoms with E-state index >= 15 is 0 Å². The van der Waals surface area contributed by atoms with E-state index in [1.54, 1.807) is 0 Å². The third-order valence-electron chi connectivity index (χ3n) is 3.55. The molecule has 2 N–H and O–H groups in total. The van der Waals surface area contributed by atoms with E-state index in [0.717, 1.165) is 25.6 Å². The highest BCUT2D eigenvalue weighted by molar-refractivity contribution is 5.75. The molecule has 18 heavy (non-hydrogen) atoms. The predicted octanol–water partition coefficient (Wildman–Crippen LogP) is 1.96. The van der Waals surface area contributed by atoms with Gasteiger partial charge in [0, 0.05) is 24.7 Å². The lowest BCUT2D eigenvalue weighted by Gasteiger charge is -2.30. The first-order chi connectivity index (χ1) is 8.44. The molecule has 1 unspecified atom stereocenters. The minimum absolute atomic E-state index is 0.100. The zero-order valence-corrected chi connectivity index (χ0v) is 12.0. The maximum atomic E-state index is 12.3. The summed E-state index contributed by atoms with van der Waals surface area (Å²) in [6, 6.07) is 0.595. The SMILES string of the molecule is CC(C)(C)NC(=O)N(CC1CC1)CC1CCCN1. The zero-order chi connectivity index (χ0) is 13.2. The smallest absolute Gasteiger partial charge is 0.317 e. The third-order valence-corrected chi connectivity index (χ3v) is 3.55. The van der Waals surface area contributed by atoms with Crippen LogP contribution in [0.25, 0.3) is 0 Å². The van der Waals surface area contributed by atoms with Crippen LogP contribution >= 0.6 is 0 Å². The number of urea groups is 1. The van der Waals surface area contributed by atoms with Crippen molar-refractivity contribution in [3.8, 4) is 0 Å². The summed E-state index contributed by atoms with van der Waals surface area (Å²) in [6.07, 6.45) is 5.02. The molecule has 0 aromatic rings. The van der Waals surface area contributed by atoms with Crippen LogP contribution in [0.1, 0.15) is 46.5 Å². The molecule has 2 fully saturated rings. The molecule has 2 aliphatic rings. The second-order valence-electron chi connectivity index (χ2n) is 6.82. The van der Waals surface area contributed by atoms with E-state index < -0.39 is 0 Å². The van der Waals surface area contributed by atoms with Crippen LogP contribution in [0.3, 0.4) is 0 Å². The molecule has 0 bridgehead atoms. The lowest BCUT2D eigenvalue weighted by atomic mass is 10.1. The highest BCUT2D eigenvalue weighted by Crippen LogP contribution is 2.30. The summed E-state index contributed by atoms with van der Waals surface area (Å²) in [7, 11) is 0. The Balaban J connectivity index is 1.87. The lowest BCUT2D eigenvalue weighted by Crippen LogP contribution is -2.52. The number of carbonyl (C=O) groups excluding carboxylic acids is 1. The van der Waals surface area contributed by atoms with Gasteiger partial charge in [-0.3, -0.25) is 0 Å². The number of rotatable bonds is 4. The Morgan fingerprint density at radius 2 is 2.00 bits per heavy atom. The summed E-state index contributed by atoms with van der Waals surface area (Å²) < 4.78 is 0. The van der Waals surface area contributed by atoms with Crippen molar-refractivity contribution in [3.63, 3.8) is 0 Å². The van der Waals surface area contributed by atoms with Crippen molar-refractivity contribution in [3.05, 3.63) is 0 Å². The molecule has 4 heteroatoms. The molecule has 0 spiro atoms. The second-order valence-corrected chi connectivity index (χ2v) is 6.82. The maximum absolute atomic E-state index is 12.3. The van der Waals surface area contributed by atoms with Crippen molar-refractivity contribution in [2.45, 2.75) is 58.0 Å². The van der Waals surface area contributed by atoms with E-state index in [-0.39, 0.29) is 11.6 Å². The summed E-state index contributed by atoms with van der Waals surface area (Å²) in [5.41, 5.74) is -0.151. The highest BCUT2D eigenvalue weighted by Gasteiger charge is 2.30. The quantitative estimate of drug-likeness (QED) is 0.804. The van der Waals surface area contributed by atoms with Gasteiger partial charge in [-0.1, -0.05) is 0 Å². The van der Waals surface area contributed by atoms with Crippen molar-refractivity contribution < 1.29 is 4.79 Å². The summed E-state index contributed by atoms with van der Waals surface area (Å²) >= 11 is 0. The molecule has 0 radical (unpaired) electrons. The van der Waals surface area contributed by atoms with E-state index in [4.69, 9.17) is 0 Å². The summed E-state index contributed by atoms with van der Waals surface area (Å²) in [4.78, 5) is 14.3. The van der Waals surface area contributed by atoms with E-state index in [1.165, 1.54) is 25.7 Å². The Morgan fingerprint density at radius 1 is 1.28 bits per heavy atom. The van der Waals surface area contributed by atoms with Gasteiger partial charge in [0.15, 0.2) is 0 Å². The standard InChI is InChI=1S/C14H27N3O/c1-14(2,3)16-13(18)17(9-11-6-7-11)10-12-5-4-8-15-12/h11-12,15H,4-10H2,1-3H3,(H,16,18). The first-order valence-electron chi connectivity index (χ1n) is 7.24. The highest BCUT2D eigenvalue weighted by atomic mass is 16.2. The Bertz CT molecular complexity index is 288. The van der Waals surface area contributed by atoms with Gasteiger partial charge in [0.1, 0.15) is 0 Å². The van der Waals surface area contributed by atoms with Crippen LogP contribution in [0.4, 0.5) is 4.79 Å². The maximum Gasteiger partial charge on any atom is 0.317 e. The van der Waals surface area contributed by atoms with Crippen molar-refractivity contribution >= 4 is 6.03 Å². The molecule has 1 atom stereocenters. The average Bonchev–Trinajstić information content (AvgIpc) is 2.89. The average molecular weight is 253 g/mol. The number of hydrogen-bond acceptors (Lipinski definition) is 2. The molecule has 2 amide bonds. The second kappa shape index (κ2) is 5.47. The minimum Gasteiger partial charge on any atom is -0.333 e.